The SMILES string of the molecule is [Cr+3].[Hg+].[Se-2].[Se-2]. The van der Waals surface area contributed by atoms with Crippen LogP contribution < -0.4 is 0 Å². The van der Waals surface area contributed by atoms with Gasteiger partial charge in [-0.25, -0.2) is 0 Å². The van der Waals surface area contributed by atoms with E-state index < -0.39 is 0 Å². The molecule has 0 unspecified atom stereocenters. The second-order valence-electron chi connectivity index (χ2n) is 0. The van der Waals surface area contributed by atoms with Crippen LogP contribution in [0.2, 0.25) is 0 Å². The van der Waals surface area contributed by atoms with Crippen molar-refractivity contribution >= 4 is 34.1 Å². The first-order valence-electron chi connectivity index (χ1n) is 0. The zero-order valence-electron chi connectivity index (χ0n) is 1.93. The number of hydrogen-bond donors (Lipinski definition) is 0. The van der Waals surface area contributed by atoms with Crippen LogP contribution in [0.15, 0.2) is 0 Å². The van der Waals surface area contributed by atoms with Crippen molar-refractivity contribution < 1.29 is 45.0 Å². The summed E-state index contributed by atoms with van der Waals surface area (Å²) in [5, 5.41) is 0. The normalized spacial score (nSPS) is 0. The van der Waals surface area contributed by atoms with Crippen molar-refractivity contribution in [3.63, 3.8) is 0 Å². The minimum Gasteiger partial charge on any atom is -2.00 e. The summed E-state index contributed by atoms with van der Waals surface area (Å²) in [5.41, 5.74) is 0. The molecule has 0 atom stereocenters. The van der Waals surface area contributed by atoms with Crippen molar-refractivity contribution in [3.05, 3.63) is 0 Å². The van der Waals surface area contributed by atoms with Gasteiger partial charge in [-0.1, -0.05) is 0 Å². The molecule has 0 aliphatic carbocycles. The summed E-state index contributed by atoms with van der Waals surface area (Å²) in [5.74, 6) is 0. The van der Waals surface area contributed by atoms with Gasteiger partial charge >= 0.3 is 45.0 Å². The van der Waals surface area contributed by atoms with Gasteiger partial charge in [0.1, 0.15) is 0 Å². The van der Waals surface area contributed by atoms with E-state index in [1.165, 1.54) is 0 Å². The first-order valence-corrected chi connectivity index (χ1v) is 0. The standard InChI is InChI=1S/Cr.Hg.2Se/q+3;+1;2*-2. The van der Waals surface area contributed by atoms with Gasteiger partial charge in [-0.3, -0.25) is 0 Å². The molecule has 2 radical (unpaired) electrons. The maximum absolute atomic E-state index is 0. The van der Waals surface area contributed by atoms with Gasteiger partial charge in [0.2, 0.25) is 0 Å². The molecule has 0 amide bonds. The van der Waals surface area contributed by atoms with Crippen molar-refractivity contribution in [2.24, 2.45) is 0 Å². The molecular formula is CrHgSe2. The Bertz CT molecular complexity index is 6.00. The molecule has 0 aromatic carbocycles. The van der Waals surface area contributed by atoms with E-state index >= 15 is 0 Å². The van der Waals surface area contributed by atoms with Gasteiger partial charge in [0.05, 0.1) is 0 Å². The van der Waals surface area contributed by atoms with Crippen molar-refractivity contribution in [1.82, 2.24) is 0 Å². The molecule has 0 saturated carbocycles. The zero-order chi connectivity index (χ0) is 0. The van der Waals surface area contributed by atoms with Gasteiger partial charge in [-0.05, 0) is 0 Å². The molecule has 0 rings (SSSR count). The van der Waals surface area contributed by atoms with Crippen molar-refractivity contribution in [2.75, 3.05) is 0 Å². The predicted octanol–water partition coefficient (Wildman–Crippen LogP) is -0.767. The second-order valence-corrected chi connectivity index (χ2v) is 0. The summed E-state index contributed by atoms with van der Waals surface area (Å²) in [7, 11) is 0. The molecule has 0 fully saturated rings. The van der Waals surface area contributed by atoms with E-state index in [1.54, 1.807) is 0 Å². The summed E-state index contributed by atoms with van der Waals surface area (Å²) < 4.78 is 0. The van der Waals surface area contributed by atoms with Crippen LogP contribution in [0.25, 0.3) is 0 Å². The summed E-state index contributed by atoms with van der Waals surface area (Å²) in [6.07, 6.45) is 0. The molecule has 4 heteroatoms. The van der Waals surface area contributed by atoms with Crippen LogP contribution in [-0.2, 0) is 45.0 Å². The maximum Gasteiger partial charge on any atom is 3.00 e. The summed E-state index contributed by atoms with van der Waals surface area (Å²) in [4.78, 5) is 0. The molecule has 4 heavy (non-hydrogen) atoms. The third-order valence-corrected chi connectivity index (χ3v) is 0. The molecule has 0 spiro atoms. The Labute approximate surface area is 78.1 Å². The third-order valence-electron chi connectivity index (χ3n) is 0. The molecule has 0 N–H and O–H groups in total. The molecular weight excluding hydrogens is 411 g/mol. The quantitative estimate of drug-likeness (QED) is 0.461. The van der Waals surface area contributed by atoms with Gasteiger partial charge in [-0.2, -0.15) is 0 Å². The molecule has 0 heterocycles. The Hall–Kier alpha value is 2.51. The van der Waals surface area contributed by atoms with Crippen LogP contribution in [0, 0.1) is 0 Å². The fourth-order valence-corrected chi connectivity index (χ4v) is 0. The van der Waals surface area contributed by atoms with E-state index in [9.17, 15) is 0 Å². The van der Waals surface area contributed by atoms with E-state index in [0.29, 0.717) is 0 Å². The summed E-state index contributed by atoms with van der Waals surface area (Å²) >= 11 is 0. The molecule has 0 nitrogen and oxygen atoms in total. The smallest absolute Gasteiger partial charge is 2.00 e. The number of rotatable bonds is 0. The first-order chi connectivity index (χ1) is 0. The molecule has 0 aliphatic rings. The topological polar surface area (TPSA) is 0 Å². The molecule has 0 aromatic rings. The summed E-state index contributed by atoms with van der Waals surface area (Å²) in [6, 6.07) is 0. The molecule has 0 bridgehead atoms. The Balaban J connectivity index is 0. The average Bonchev–Trinajstić information content (AvgIpc) is 0. The largest absolute Gasteiger partial charge is 3.00 e. The van der Waals surface area contributed by atoms with Crippen LogP contribution in [0.4, 0.5) is 0 Å². The first kappa shape index (κ1) is 31.4. The van der Waals surface area contributed by atoms with E-state index in [4.69, 9.17) is 0 Å². The maximum atomic E-state index is 0. The van der Waals surface area contributed by atoms with Crippen LogP contribution in [0.5, 0.6) is 0 Å². The Morgan fingerprint density at radius 2 is 0.750 bits per heavy atom. The van der Waals surface area contributed by atoms with Crippen molar-refractivity contribution in [2.45, 2.75) is 0 Å². The van der Waals surface area contributed by atoms with Crippen LogP contribution >= 0.6 is 0 Å². The molecule has 20 valence electrons. The summed E-state index contributed by atoms with van der Waals surface area (Å²) in [6.45, 7) is 0. The molecule has 0 aromatic heterocycles. The van der Waals surface area contributed by atoms with Gasteiger partial charge in [0, 0.05) is 0 Å². The van der Waals surface area contributed by atoms with Crippen molar-refractivity contribution in [3.8, 4) is 0 Å². The van der Waals surface area contributed by atoms with E-state index in [0.717, 1.165) is 0 Å². The average molecular weight is 411 g/mol. The van der Waals surface area contributed by atoms with Crippen molar-refractivity contribution in [1.29, 1.82) is 0 Å². The predicted molar refractivity (Wildman–Crippen MR) is 11.5 cm³/mol. The van der Waals surface area contributed by atoms with Gasteiger partial charge in [-0.15, -0.1) is 0 Å². The fraction of sp³-hybridized carbons (Fsp3) is 0. The molecule has 0 aliphatic heterocycles. The monoisotopic (exact) mass is 414 g/mol. The number of hydrogen-bond acceptors (Lipinski definition) is 0. The minimum absolute atomic E-state index is 0. The Morgan fingerprint density at radius 3 is 0.750 bits per heavy atom. The second kappa shape index (κ2) is 17.8. The Morgan fingerprint density at radius 1 is 0.750 bits per heavy atom. The fourth-order valence-electron chi connectivity index (χ4n) is 0. The van der Waals surface area contributed by atoms with E-state index in [-0.39, 0.29) is 79.2 Å². The Kier molecular flexibility index (Phi) is 140. The zero-order valence-corrected chi connectivity index (χ0v) is 12.1. The molecule has 0 saturated heterocycles. The van der Waals surface area contributed by atoms with Crippen LogP contribution in [0.1, 0.15) is 0 Å². The van der Waals surface area contributed by atoms with Crippen LogP contribution in [0.3, 0.4) is 0 Å². The van der Waals surface area contributed by atoms with Crippen LogP contribution in [-0.4, -0.2) is 34.1 Å². The third kappa shape index (κ3) is 8.82. The van der Waals surface area contributed by atoms with Gasteiger partial charge < -0.3 is 34.1 Å². The van der Waals surface area contributed by atoms with E-state index in [2.05, 4.69) is 0 Å². The van der Waals surface area contributed by atoms with Gasteiger partial charge in [0.15, 0.2) is 0 Å². The minimum atomic E-state index is 0. The van der Waals surface area contributed by atoms with Gasteiger partial charge in [0.25, 0.3) is 0 Å². The van der Waals surface area contributed by atoms with E-state index in [1.807, 2.05) is 0 Å².